The van der Waals surface area contributed by atoms with Crippen molar-refractivity contribution in [1.82, 2.24) is 15.5 Å². The summed E-state index contributed by atoms with van der Waals surface area (Å²) in [5, 5.41) is 9.22. The Balaban J connectivity index is 1.93. The first kappa shape index (κ1) is 15.9. The molecule has 1 amide bonds. The van der Waals surface area contributed by atoms with Crippen LogP contribution in [0.2, 0.25) is 0 Å². The van der Waals surface area contributed by atoms with Crippen LogP contribution in [0.3, 0.4) is 0 Å². The van der Waals surface area contributed by atoms with Crippen LogP contribution in [-0.2, 0) is 13.0 Å². The number of amides is 1. The van der Waals surface area contributed by atoms with E-state index in [1.807, 2.05) is 6.92 Å². The number of carbonyl (C=O) groups is 1. The van der Waals surface area contributed by atoms with Crippen LogP contribution in [0.25, 0.3) is 0 Å². The van der Waals surface area contributed by atoms with Crippen LogP contribution in [0.1, 0.15) is 28.5 Å². The van der Waals surface area contributed by atoms with E-state index in [4.69, 9.17) is 0 Å². The first-order valence-electron chi connectivity index (χ1n) is 6.54. The van der Waals surface area contributed by atoms with Gasteiger partial charge in [-0.2, -0.15) is 5.10 Å². The highest BCUT2D eigenvalue weighted by Gasteiger charge is 2.30. The summed E-state index contributed by atoms with van der Waals surface area (Å²) in [5.74, 6) is -0.591. The van der Waals surface area contributed by atoms with Crippen molar-refractivity contribution in [3.05, 3.63) is 47.3 Å². The Morgan fingerprint density at radius 2 is 2.00 bits per heavy atom. The number of hydrogen-bond acceptors (Lipinski definition) is 3. The van der Waals surface area contributed by atoms with Crippen molar-refractivity contribution >= 4 is 5.91 Å². The van der Waals surface area contributed by atoms with Gasteiger partial charge in [0.05, 0.1) is 11.8 Å². The zero-order chi connectivity index (χ0) is 16.2. The Morgan fingerprint density at radius 1 is 1.32 bits per heavy atom. The molecule has 0 fully saturated rings. The highest BCUT2D eigenvalue weighted by Crippen LogP contribution is 2.22. The van der Waals surface area contributed by atoms with Crippen LogP contribution in [0, 0.1) is 0 Å². The number of aromatic nitrogens is 2. The van der Waals surface area contributed by atoms with Crippen molar-refractivity contribution in [3.63, 3.8) is 0 Å². The standard InChI is InChI=1S/C14H14F3N3O2/c1-2-12-11(8-19-20-12)13(21)18-7-9-3-5-10(6-4-9)22-14(15,16)17/h3-6,8H,2,7H2,1H3,(H,18,21)(H,19,20). The quantitative estimate of drug-likeness (QED) is 0.892. The van der Waals surface area contributed by atoms with Crippen LogP contribution in [0.5, 0.6) is 5.75 Å². The molecule has 0 atom stereocenters. The molecule has 0 saturated carbocycles. The second kappa shape index (κ2) is 6.50. The number of aromatic amines is 1. The van der Waals surface area contributed by atoms with E-state index < -0.39 is 6.36 Å². The summed E-state index contributed by atoms with van der Waals surface area (Å²) < 4.78 is 39.9. The topological polar surface area (TPSA) is 67.0 Å². The number of rotatable bonds is 5. The van der Waals surface area contributed by atoms with Crippen LogP contribution in [-0.4, -0.2) is 22.5 Å². The van der Waals surface area contributed by atoms with Gasteiger partial charge in [-0.05, 0) is 24.1 Å². The zero-order valence-corrected chi connectivity index (χ0v) is 11.7. The van der Waals surface area contributed by atoms with Gasteiger partial charge in [0.1, 0.15) is 5.75 Å². The molecule has 0 unspecified atom stereocenters. The molecule has 0 bridgehead atoms. The fourth-order valence-corrected chi connectivity index (χ4v) is 1.86. The average Bonchev–Trinajstić information content (AvgIpc) is 2.93. The minimum absolute atomic E-state index is 0.194. The van der Waals surface area contributed by atoms with E-state index in [-0.39, 0.29) is 18.2 Å². The molecule has 1 aromatic heterocycles. The van der Waals surface area contributed by atoms with Gasteiger partial charge in [0.15, 0.2) is 0 Å². The van der Waals surface area contributed by atoms with E-state index >= 15 is 0 Å². The molecule has 2 aromatic rings. The highest BCUT2D eigenvalue weighted by molar-refractivity contribution is 5.94. The average molecular weight is 313 g/mol. The van der Waals surface area contributed by atoms with E-state index in [0.717, 1.165) is 5.69 Å². The van der Waals surface area contributed by atoms with E-state index in [1.54, 1.807) is 0 Å². The highest BCUT2D eigenvalue weighted by atomic mass is 19.4. The van der Waals surface area contributed by atoms with Gasteiger partial charge in [-0.3, -0.25) is 9.89 Å². The SMILES string of the molecule is CCc1[nH]ncc1C(=O)NCc1ccc(OC(F)(F)F)cc1. The summed E-state index contributed by atoms with van der Waals surface area (Å²) in [5.41, 5.74) is 1.84. The lowest BCUT2D eigenvalue weighted by molar-refractivity contribution is -0.274. The number of halogens is 3. The predicted octanol–water partition coefficient (Wildman–Crippen LogP) is 2.80. The number of benzene rings is 1. The lowest BCUT2D eigenvalue weighted by Crippen LogP contribution is -2.23. The Hall–Kier alpha value is -2.51. The Kier molecular flexibility index (Phi) is 4.69. The number of alkyl halides is 3. The molecule has 22 heavy (non-hydrogen) atoms. The molecule has 2 rings (SSSR count). The smallest absolute Gasteiger partial charge is 0.406 e. The number of carbonyl (C=O) groups excluding carboxylic acids is 1. The minimum atomic E-state index is -4.71. The summed E-state index contributed by atoms with van der Waals surface area (Å²) in [4.78, 5) is 12.0. The van der Waals surface area contributed by atoms with Crippen LogP contribution in [0.15, 0.2) is 30.5 Å². The van der Waals surface area contributed by atoms with Gasteiger partial charge in [0.25, 0.3) is 5.91 Å². The van der Waals surface area contributed by atoms with E-state index in [2.05, 4.69) is 20.3 Å². The third-order valence-electron chi connectivity index (χ3n) is 2.93. The fraction of sp³-hybridized carbons (Fsp3) is 0.286. The molecule has 8 heteroatoms. The number of nitrogens with one attached hydrogen (secondary N) is 2. The van der Waals surface area contributed by atoms with E-state index in [9.17, 15) is 18.0 Å². The van der Waals surface area contributed by atoms with Gasteiger partial charge in [-0.15, -0.1) is 13.2 Å². The van der Waals surface area contributed by atoms with Crippen molar-refractivity contribution < 1.29 is 22.7 Å². The lowest BCUT2D eigenvalue weighted by Gasteiger charge is -2.09. The second-order valence-corrected chi connectivity index (χ2v) is 4.49. The van der Waals surface area contributed by atoms with E-state index in [0.29, 0.717) is 17.5 Å². The van der Waals surface area contributed by atoms with Crippen LogP contribution >= 0.6 is 0 Å². The molecule has 5 nitrogen and oxygen atoms in total. The first-order valence-corrected chi connectivity index (χ1v) is 6.54. The van der Waals surface area contributed by atoms with E-state index in [1.165, 1.54) is 30.5 Å². The van der Waals surface area contributed by atoms with Crippen molar-refractivity contribution in [1.29, 1.82) is 0 Å². The summed E-state index contributed by atoms with van der Waals surface area (Å²) >= 11 is 0. The molecule has 118 valence electrons. The van der Waals surface area contributed by atoms with Crippen molar-refractivity contribution in [2.24, 2.45) is 0 Å². The molecule has 1 aromatic carbocycles. The monoisotopic (exact) mass is 313 g/mol. The van der Waals surface area contributed by atoms with Gasteiger partial charge in [-0.25, -0.2) is 0 Å². The number of nitrogens with zero attached hydrogens (tertiary/aromatic N) is 1. The Bertz CT molecular complexity index is 636. The maximum Gasteiger partial charge on any atom is 0.573 e. The van der Waals surface area contributed by atoms with Crippen molar-refractivity contribution in [3.8, 4) is 5.75 Å². The molecule has 1 heterocycles. The molecule has 0 aliphatic heterocycles. The summed E-state index contributed by atoms with van der Waals surface area (Å²) in [6, 6.07) is 5.31. The zero-order valence-electron chi connectivity index (χ0n) is 11.7. The van der Waals surface area contributed by atoms with Crippen LogP contribution < -0.4 is 10.1 Å². The largest absolute Gasteiger partial charge is 0.573 e. The lowest BCUT2D eigenvalue weighted by atomic mass is 10.2. The number of H-pyrrole nitrogens is 1. The summed E-state index contributed by atoms with van der Waals surface area (Å²) in [6.07, 6.45) is -2.63. The third-order valence-corrected chi connectivity index (χ3v) is 2.93. The van der Waals surface area contributed by atoms with Gasteiger partial charge >= 0.3 is 6.36 Å². The van der Waals surface area contributed by atoms with Crippen LogP contribution in [0.4, 0.5) is 13.2 Å². The van der Waals surface area contributed by atoms with Gasteiger partial charge in [0, 0.05) is 12.2 Å². The molecule has 0 radical (unpaired) electrons. The Morgan fingerprint density at radius 3 is 2.59 bits per heavy atom. The van der Waals surface area contributed by atoms with Gasteiger partial charge in [-0.1, -0.05) is 19.1 Å². The maximum absolute atomic E-state index is 12.0. The number of aryl methyl sites for hydroxylation is 1. The number of ether oxygens (including phenoxy) is 1. The molecule has 0 spiro atoms. The number of hydrogen-bond donors (Lipinski definition) is 2. The summed E-state index contributed by atoms with van der Waals surface area (Å²) in [6.45, 7) is 2.09. The minimum Gasteiger partial charge on any atom is -0.406 e. The van der Waals surface area contributed by atoms with Crippen molar-refractivity contribution in [2.75, 3.05) is 0 Å². The fourth-order valence-electron chi connectivity index (χ4n) is 1.86. The molecular formula is C14H14F3N3O2. The molecule has 0 aliphatic rings. The summed E-state index contributed by atoms with van der Waals surface area (Å²) in [7, 11) is 0. The van der Waals surface area contributed by atoms with Gasteiger partial charge < -0.3 is 10.1 Å². The molecule has 0 saturated heterocycles. The molecule has 0 aliphatic carbocycles. The van der Waals surface area contributed by atoms with Gasteiger partial charge in [0.2, 0.25) is 0 Å². The normalized spacial score (nSPS) is 11.3. The molecular weight excluding hydrogens is 299 g/mol. The second-order valence-electron chi connectivity index (χ2n) is 4.49. The predicted molar refractivity (Wildman–Crippen MR) is 72.3 cm³/mol. The Labute approximate surface area is 124 Å². The molecule has 2 N–H and O–H groups in total. The third kappa shape index (κ3) is 4.24. The first-order chi connectivity index (χ1) is 10.4. The maximum atomic E-state index is 12.0. The van der Waals surface area contributed by atoms with Crippen molar-refractivity contribution in [2.45, 2.75) is 26.3 Å².